The minimum Gasteiger partial charge on any atom is -0.383 e. The van der Waals surface area contributed by atoms with Gasteiger partial charge in [0.15, 0.2) is 0 Å². The Morgan fingerprint density at radius 1 is 1.59 bits per heavy atom. The highest BCUT2D eigenvalue weighted by atomic mass is 16.2. The second-order valence-corrected chi connectivity index (χ2v) is 4.17. The van der Waals surface area contributed by atoms with Gasteiger partial charge < -0.3 is 15.5 Å². The summed E-state index contributed by atoms with van der Waals surface area (Å²) in [7, 11) is 0. The normalized spacial score (nSPS) is 16.1. The van der Waals surface area contributed by atoms with Crippen LogP contribution in [0, 0.1) is 6.92 Å². The standard InChI is InChI=1S/C12H18N4O/c1-10-8-13-3-2-11(10)15-5-7-16-6-4-14-9-12(16)17/h2-3,8,14H,4-7,9H2,1H3,(H,13,15). The molecule has 0 bridgehead atoms. The molecule has 1 amide bonds. The van der Waals surface area contributed by atoms with Crippen molar-refractivity contribution in [1.82, 2.24) is 15.2 Å². The molecular weight excluding hydrogens is 216 g/mol. The number of pyridine rings is 1. The number of anilines is 1. The molecule has 1 aliphatic rings. The molecule has 0 spiro atoms. The van der Waals surface area contributed by atoms with E-state index in [-0.39, 0.29) is 5.91 Å². The summed E-state index contributed by atoms with van der Waals surface area (Å²) in [6, 6.07) is 1.95. The van der Waals surface area contributed by atoms with Crippen LogP contribution >= 0.6 is 0 Å². The van der Waals surface area contributed by atoms with Crippen molar-refractivity contribution >= 4 is 11.6 Å². The molecule has 2 heterocycles. The van der Waals surface area contributed by atoms with Crippen LogP contribution in [-0.2, 0) is 4.79 Å². The van der Waals surface area contributed by atoms with Gasteiger partial charge in [-0.05, 0) is 18.6 Å². The molecule has 92 valence electrons. The molecule has 1 aromatic heterocycles. The Kier molecular flexibility index (Phi) is 3.93. The number of piperazine rings is 1. The molecule has 1 saturated heterocycles. The van der Waals surface area contributed by atoms with Gasteiger partial charge in [-0.1, -0.05) is 0 Å². The van der Waals surface area contributed by atoms with Crippen molar-refractivity contribution in [2.45, 2.75) is 6.92 Å². The van der Waals surface area contributed by atoms with Crippen LogP contribution < -0.4 is 10.6 Å². The second kappa shape index (κ2) is 5.63. The third kappa shape index (κ3) is 3.17. The van der Waals surface area contributed by atoms with E-state index in [1.807, 2.05) is 24.1 Å². The average molecular weight is 234 g/mol. The number of amides is 1. The predicted molar refractivity (Wildman–Crippen MR) is 66.9 cm³/mol. The molecule has 0 saturated carbocycles. The molecule has 2 rings (SSSR count). The molecule has 1 aliphatic heterocycles. The monoisotopic (exact) mass is 234 g/mol. The van der Waals surface area contributed by atoms with E-state index in [1.165, 1.54) is 0 Å². The first-order valence-electron chi connectivity index (χ1n) is 5.90. The molecule has 0 aliphatic carbocycles. The van der Waals surface area contributed by atoms with Gasteiger partial charge in [0, 0.05) is 44.3 Å². The lowest BCUT2D eigenvalue weighted by Gasteiger charge is -2.27. The highest BCUT2D eigenvalue weighted by Crippen LogP contribution is 2.10. The number of carbonyl (C=O) groups is 1. The van der Waals surface area contributed by atoms with E-state index >= 15 is 0 Å². The first-order chi connectivity index (χ1) is 8.27. The lowest BCUT2D eigenvalue weighted by Crippen LogP contribution is -2.49. The predicted octanol–water partition coefficient (Wildman–Crippen LogP) is 0.234. The lowest BCUT2D eigenvalue weighted by atomic mass is 10.2. The summed E-state index contributed by atoms with van der Waals surface area (Å²) in [4.78, 5) is 17.5. The molecule has 1 aromatic rings. The largest absolute Gasteiger partial charge is 0.383 e. The highest BCUT2D eigenvalue weighted by molar-refractivity contribution is 5.79. The SMILES string of the molecule is Cc1cnccc1NCCN1CCNCC1=O. The topological polar surface area (TPSA) is 57.3 Å². The van der Waals surface area contributed by atoms with Crippen molar-refractivity contribution in [1.29, 1.82) is 0 Å². The molecule has 2 N–H and O–H groups in total. The number of aryl methyl sites for hydroxylation is 1. The fourth-order valence-corrected chi connectivity index (χ4v) is 1.88. The summed E-state index contributed by atoms with van der Waals surface area (Å²) in [6.45, 7) is 5.70. The number of rotatable bonds is 4. The zero-order valence-electron chi connectivity index (χ0n) is 10.1. The molecule has 5 nitrogen and oxygen atoms in total. The van der Waals surface area contributed by atoms with Crippen LogP contribution in [0.3, 0.4) is 0 Å². The number of nitrogens with one attached hydrogen (secondary N) is 2. The van der Waals surface area contributed by atoms with Crippen molar-refractivity contribution in [3.8, 4) is 0 Å². The minimum atomic E-state index is 0.185. The molecule has 1 fully saturated rings. The molecule has 17 heavy (non-hydrogen) atoms. The summed E-state index contributed by atoms with van der Waals surface area (Å²) < 4.78 is 0. The smallest absolute Gasteiger partial charge is 0.236 e. The summed E-state index contributed by atoms with van der Waals surface area (Å²) >= 11 is 0. The zero-order valence-corrected chi connectivity index (χ0v) is 10.1. The number of nitrogens with zero attached hydrogens (tertiary/aromatic N) is 2. The van der Waals surface area contributed by atoms with E-state index in [0.29, 0.717) is 6.54 Å². The number of hydrogen-bond acceptors (Lipinski definition) is 4. The van der Waals surface area contributed by atoms with E-state index in [4.69, 9.17) is 0 Å². The third-order valence-electron chi connectivity index (χ3n) is 2.90. The van der Waals surface area contributed by atoms with Gasteiger partial charge in [-0.3, -0.25) is 9.78 Å². The van der Waals surface area contributed by atoms with Gasteiger partial charge in [-0.25, -0.2) is 0 Å². The maximum Gasteiger partial charge on any atom is 0.236 e. The Hall–Kier alpha value is -1.62. The van der Waals surface area contributed by atoms with Gasteiger partial charge in [0.25, 0.3) is 0 Å². The van der Waals surface area contributed by atoms with Crippen molar-refractivity contribution in [2.24, 2.45) is 0 Å². The van der Waals surface area contributed by atoms with Crippen molar-refractivity contribution in [3.05, 3.63) is 24.0 Å². The van der Waals surface area contributed by atoms with Crippen LogP contribution in [0.4, 0.5) is 5.69 Å². The number of carbonyl (C=O) groups excluding carboxylic acids is 1. The Morgan fingerprint density at radius 2 is 2.47 bits per heavy atom. The van der Waals surface area contributed by atoms with Gasteiger partial charge in [0.05, 0.1) is 6.54 Å². The van der Waals surface area contributed by atoms with Crippen LogP contribution in [0.25, 0.3) is 0 Å². The molecular formula is C12H18N4O. The maximum absolute atomic E-state index is 11.5. The van der Waals surface area contributed by atoms with Gasteiger partial charge >= 0.3 is 0 Å². The van der Waals surface area contributed by atoms with Crippen LogP contribution in [0.15, 0.2) is 18.5 Å². The average Bonchev–Trinajstić information content (AvgIpc) is 2.34. The molecule has 0 radical (unpaired) electrons. The Morgan fingerprint density at radius 3 is 3.24 bits per heavy atom. The van der Waals surface area contributed by atoms with E-state index in [0.717, 1.165) is 37.4 Å². The number of aromatic nitrogens is 1. The van der Waals surface area contributed by atoms with Crippen LogP contribution in [0.5, 0.6) is 0 Å². The fourth-order valence-electron chi connectivity index (χ4n) is 1.88. The first-order valence-corrected chi connectivity index (χ1v) is 5.90. The quantitative estimate of drug-likeness (QED) is 0.783. The van der Waals surface area contributed by atoms with E-state index in [1.54, 1.807) is 6.20 Å². The Bertz CT molecular complexity index is 394. The third-order valence-corrected chi connectivity index (χ3v) is 2.90. The Labute approximate surface area is 101 Å². The summed E-state index contributed by atoms with van der Waals surface area (Å²) in [5.41, 5.74) is 2.21. The molecule has 0 aromatic carbocycles. The Balaban J connectivity index is 1.79. The van der Waals surface area contributed by atoms with Crippen LogP contribution in [0.1, 0.15) is 5.56 Å². The second-order valence-electron chi connectivity index (χ2n) is 4.17. The van der Waals surface area contributed by atoms with E-state index in [9.17, 15) is 4.79 Å². The summed E-state index contributed by atoms with van der Waals surface area (Å²) in [5, 5.41) is 6.39. The zero-order chi connectivity index (χ0) is 12.1. The van der Waals surface area contributed by atoms with Gasteiger partial charge in [0.2, 0.25) is 5.91 Å². The van der Waals surface area contributed by atoms with Crippen LogP contribution in [0.2, 0.25) is 0 Å². The maximum atomic E-state index is 11.5. The van der Waals surface area contributed by atoms with Crippen LogP contribution in [-0.4, -0.2) is 48.5 Å². The minimum absolute atomic E-state index is 0.185. The van der Waals surface area contributed by atoms with Crippen molar-refractivity contribution in [3.63, 3.8) is 0 Å². The molecule has 0 atom stereocenters. The first kappa shape index (κ1) is 11.9. The van der Waals surface area contributed by atoms with E-state index in [2.05, 4.69) is 15.6 Å². The van der Waals surface area contributed by atoms with E-state index < -0.39 is 0 Å². The summed E-state index contributed by atoms with van der Waals surface area (Å²) in [6.07, 6.45) is 3.60. The van der Waals surface area contributed by atoms with Crippen molar-refractivity contribution in [2.75, 3.05) is 38.0 Å². The van der Waals surface area contributed by atoms with Crippen molar-refractivity contribution < 1.29 is 4.79 Å². The highest BCUT2D eigenvalue weighted by Gasteiger charge is 2.16. The number of hydrogen-bond donors (Lipinski definition) is 2. The molecule has 5 heteroatoms. The lowest BCUT2D eigenvalue weighted by molar-refractivity contribution is -0.131. The van der Waals surface area contributed by atoms with Gasteiger partial charge in [-0.2, -0.15) is 0 Å². The fraction of sp³-hybridized carbons (Fsp3) is 0.500. The van der Waals surface area contributed by atoms with Gasteiger partial charge in [0.1, 0.15) is 0 Å². The molecule has 0 unspecified atom stereocenters. The summed E-state index contributed by atoms with van der Waals surface area (Å²) in [5.74, 6) is 0.185. The van der Waals surface area contributed by atoms with Gasteiger partial charge in [-0.15, -0.1) is 0 Å².